The minimum Gasteiger partial charge on any atom is -0.496 e. The highest BCUT2D eigenvalue weighted by Crippen LogP contribution is 2.26. The van der Waals surface area contributed by atoms with Crippen LogP contribution in [0.2, 0.25) is 0 Å². The minimum absolute atomic E-state index is 0.205. The highest BCUT2D eigenvalue weighted by molar-refractivity contribution is 5.80. The molecule has 3 heteroatoms. The van der Waals surface area contributed by atoms with E-state index in [1.54, 1.807) is 0 Å². The van der Waals surface area contributed by atoms with E-state index in [-0.39, 0.29) is 11.8 Å². The molecule has 0 aliphatic heterocycles. The largest absolute Gasteiger partial charge is 0.496 e. The number of methoxy groups -OCH3 is 2. The van der Waals surface area contributed by atoms with Crippen molar-refractivity contribution in [2.45, 2.75) is 6.85 Å². The Morgan fingerprint density at radius 3 is 2.69 bits per heavy atom. The summed E-state index contributed by atoms with van der Waals surface area (Å²) in [7, 11) is -5.84. The Labute approximate surface area is 89.9 Å². The maximum Gasteiger partial charge on any atom is 0.153 e. The lowest BCUT2D eigenvalue weighted by atomic mass is 10.1. The van der Waals surface area contributed by atoms with Crippen LogP contribution in [0.15, 0.2) is 12.1 Å². The van der Waals surface area contributed by atoms with Gasteiger partial charge in [-0.3, -0.25) is 4.79 Å². The van der Waals surface area contributed by atoms with Gasteiger partial charge in [0.1, 0.15) is 11.5 Å². The van der Waals surface area contributed by atoms with Crippen LogP contribution in [0.4, 0.5) is 0 Å². The molecular formula is C10H12O3. The van der Waals surface area contributed by atoms with E-state index in [4.69, 9.17) is 12.3 Å². The molecule has 0 N–H and O–H groups in total. The summed E-state index contributed by atoms with van der Waals surface area (Å²) in [5, 5.41) is 0. The average Bonchev–Trinajstić information content (AvgIpc) is 2.25. The fraction of sp³-hybridized carbons (Fsp3) is 0.300. The Bertz CT molecular complexity index is 556. The summed E-state index contributed by atoms with van der Waals surface area (Å²) in [5.41, 5.74) is -0.920. The van der Waals surface area contributed by atoms with E-state index in [1.165, 1.54) is 0 Å². The third-order valence-electron chi connectivity index (χ3n) is 1.46. The summed E-state index contributed by atoms with van der Waals surface area (Å²) < 4.78 is 73.3. The minimum atomic E-state index is -2.94. The second kappa shape index (κ2) is 3.94. The zero-order valence-corrected chi connectivity index (χ0v) is 6.46. The first-order valence-electron chi connectivity index (χ1n) is 7.75. The quantitative estimate of drug-likeness (QED) is 0.680. The van der Waals surface area contributed by atoms with Crippen molar-refractivity contribution in [3.8, 4) is 11.5 Å². The SMILES string of the molecule is [2H]C([2H])([2H])Oc1cc(C([2H])([2H])[2H])c(OC([2H])([2H])[2H])cc1C=O. The highest BCUT2D eigenvalue weighted by Gasteiger charge is 2.06. The lowest BCUT2D eigenvalue weighted by Crippen LogP contribution is -1.94. The predicted octanol–water partition coefficient (Wildman–Crippen LogP) is 1.82. The van der Waals surface area contributed by atoms with Gasteiger partial charge >= 0.3 is 0 Å². The van der Waals surface area contributed by atoms with Gasteiger partial charge in [0.15, 0.2) is 6.29 Å². The molecule has 0 amide bonds. The van der Waals surface area contributed by atoms with E-state index in [1.807, 2.05) is 0 Å². The number of rotatable bonds is 3. The molecule has 0 saturated heterocycles. The number of carbonyl (C=O) groups is 1. The standard InChI is InChI=1S/C10H12O3/c1-7-4-10(13-3)8(6-11)5-9(7)12-2/h4-6H,1-3H3/i1D3,2D3,3D3. The van der Waals surface area contributed by atoms with Gasteiger partial charge in [0.2, 0.25) is 0 Å². The second-order valence-corrected chi connectivity index (χ2v) is 2.21. The Morgan fingerprint density at radius 1 is 1.31 bits per heavy atom. The molecule has 3 nitrogen and oxygen atoms in total. The Kier molecular flexibility index (Phi) is 0.912. The van der Waals surface area contributed by atoms with Crippen LogP contribution < -0.4 is 9.47 Å². The van der Waals surface area contributed by atoms with Gasteiger partial charge in [-0.2, -0.15) is 0 Å². The Morgan fingerprint density at radius 2 is 2.08 bits per heavy atom. The third kappa shape index (κ3) is 1.80. The van der Waals surface area contributed by atoms with E-state index in [9.17, 15) is 4.79 Å². The summed E-state index contributed by atoms with van der Waals surface area (Å²) in [5.74, 6) is -1.07. The predicted molar refractivity (Wildman–Crippen MR) is 49.7 cm³/mol. The third-order valence-corrected chi connectivity index (χ3v) is 1.46. The number of aryl methyl sites for hydroxylation is 1. The molecular weight excluding hydrogens is 168 g/mol. The topological polar surface area (TPSA) is 35.5 Å². The highest BCUT2D eigenvalue weighted by atomic mass is 16.5. The Hall–Kier alpha value is -1.51. The van der Waals surface area contributed by atoms with E-state index in [0.29, 0.717) is 0 Å². The molecule has 0 radical (unpaired) electrons. The fourth-order valence-electron chi connectivity index (χ4n) is 0.841. The maximum absolute atomic E-state index is 11.0. The molecule has 0 aliphatic rings. The fourth-order valence-corrected chi connectivity index (χ4v) is 0.841. The van der Waals surface area contributed by atoms with Gasteiger partial charge < -0.3 is 9.47 Å². The van der Waals surface area contributed by atoms with Crippen molar-refractivity contribution in [2.75, 3.05) is 14.1 Å². The number of benzene rings is 1. The second-order valence-electron chi connectivity index (χ2n) is 2.21. The number of carbonyl (C=O) groups excluding carboxylic acids is 1. The molecule has 1 aromatic rings. The molecule has 0 aromatic heterocycles. The van der Waals surface area contributed by atoms with Crippen LogP contribution in [-0.2, 0) is 0 Å². The van der Waals surface area contributed by atoms with Crippen molar-refractivity contribution in [3.05, 3.63) is 23.3 Å². The van der Waals surface area contributed by atoms with Crippen LogP contribution in [0.25, 0.3) is 0 Å². The molecule has 0 bridgehead atoms. The van der Waals surface area contributed by atoms with Crippen LogP contribution >= 0.6 is 0 Å². The number of ether oxygens (including phenoxy) is 2. The van der Waals surface area contributed by atoms with Crippen LogP contribution in [0.5, 0.6) is 11.5 Å². The van der Waals surface area contributed by atoms with Crippen molar-refractivity contribution in [3.63, 3.8) is 0 Å². The van der Waals surface area contributed by atoms with Crippen molar-refractivity contribution in [1.82, 2.24) is 0 Å². The summed E-state index contributed by atoms with van der Waals surface area (Å²) >= 11 is 0. The molecule has 13 heavy (non-hydrogen) atoms. The smallest absolute Gasteiger partial charge is 0.153 e. The maximum atomic E-state index is 11.0. The van der Waals surface area contributed by atoms with Crippen molar-refractivity contribution >= 4 is 6.29 Å². The molecule has 0 fully saturated rings. The summed E-state index contributed by atoms with van der Waals surface area (Å²) in [6, 6.07) is 1.59. The zero-order valence-electron chi connectivity index (χ0n) is 15.5. The zero-order chi connectivity index (χ0) is 17.3. The van der Waals surface area contributed by atoms with Crippen LogP contribution in [0, 0.1) is 6.85 Å². The van der Waals surface area contributed by atoms with Gasteiger partial charge in [0, 0.05) is 4.11 Å². The summed E-state index contributed by atoms with van der Waals surface area (Å²) in [4.78, 5) is 11.0. The van der Waals surface area contributed by atoms with Crippen LogP contribution in [-0.4, -0.2) is 20.4 Å². The lowest BCUT2D eigenvalue weighted by molar-refractivity contribution is 0.112. The first-order valence-corrected chi connectivity index (χ1v) is 3.25. The lowest BCUT2D eigenvalue weighted by Gasteiger charge is -2.08. The van der Waals surface area contributed by atoms with Gasteiger partial charge in [-0.25, -0.2) is 0 Å². The Balaban J connectivity index is 3.49. The molecule has 0 unspecified atom stereocenters. The van der Waals surface area contributed by atoms with Crippen LogP contribution in [0.1, 0.15) is 28.3 Å². The molecule has 0 atom stereocenters. The van der Waals surface area contributed by atoms with E-state index < -0.39 is 38.0 Å². The van der Waals surface area contributed by atoms with Gasteiger partial charge in [-0.15, -0.1) is 0 Å². The van der Waals surface area contributed by atoms with Gasteiger partial charge in [-0.1, -0.05) is 0 Å². The number of hydrogen-bond donors (Lipinski definition) is 0. The monoisotopic (exact) mass is 189 g/mol. The summed E-state index contributed by atoms with van der Waals surface area (Å²) in [6.07, 6.45) is 0.205. The van der Waals surface area contributed by atoms with Crippen molar-refractivity contribution in [1.29, 1.82) is 0 Å². The van der Waals surface area contributed by atoms with E-state index in [2.05, 4.69) is 9.47 Å². The first-order chi connectivity index (χ1) is 9.73. The molecule has 0 spiro atoms. The van der Waals surface area contributed by atoms with Gasteiger partial charge in [0.25, 0.3) is 0 Å². The normalized spacial score (nSPS) is 22.6. The van der Waals surface area contributed by atoms with Gasteiger partial charge in [0.05, 0.1) is 27.9 Å². The van der Waals surface area contributed by atoms with E-state index in [0.717, 1.165) is 12.1 Å². The van der Waals surface area contributed by atoms with Crippen LogP contribution in [0.3, 0.4) is 0 Å². The summed E-state index contributed by atoms with van der Waals surface area (Å²) in [6.45, 7) is -2.80. The first kappa shape index (κ1) is 3.01. The van der Waals surface area contributed by atoms with Gasteiger partial charge in [-0.05, 0) is 24.5 Å². The molecule has 0 saturated carbocycles. The average molecular weight is 189 g/mol. The molecule has 70 valence electrons. The number of aldehydes is 1. The number of hydrogen-bond acceptors (Lipinski definition) is 3. The van der Waals surface area contributed by atoms with Crippen molar-refractivity contribution in [2.24, 2.45) is 0 Å². The molecule has 1 aromatic carbocycles. The molecule has 0 heterocycles. The van der Waals surface area contributed by atoms with Crippen molar-refractivity contribution < 1.29 is 26.6 Å². The molecule has 1 rings (SSSR count). The van der Waals surface area contributed by atoms with E-state index >= 15 is 0 Å². The molecule has 0 aliphatic carbocycles.